The standard InChI is InChI=1S/C14H18ClNO5/c1-14(2,3)21-7-12(17)16-10-6-11(20-4)8(13(18)19)5-9(10)15/h5-6H,7H2,1-4H3,(H,16,17)(H,18,19). The Kier molecular flexibility index (Phi) is 5.57. The Morgan fingerprint density at radius 2 is 1.95 bits per heavy atom. The van der Waals surface area contributed by atoms with E-state index in [0.29, 0.717) is 0 Å². The number of ether oxygens (including phenoxy) is 2. The Morgan fingerprint density at radius 1 is 1.33 bits per heavy atom. The average Bonchev–Trinajstić information content (AvgIpc) is 2.37. The van der Waals surface area contributed by atoms with Crippen LogP contribution in [-0.2, 0) is 9.53 Å². The Morgan fingerprint density at radius 3 is 2.43 bits per heavy atom. The van der Waals surface area contributed by atoms with Gasteiger partial charge < -0.3 is 19.9 Å². The molecule has 1 amide bonds. The SMILES string of the molecule is COc1cc(NC(=O)COC(C)(C)C)c(Cl)cc1C(=O)O. The molecule has 116 valence electrons. The molecule has 0 saturated heterocycles. The molecule has 0 aliphatic heterocycles. The van der Waals surface area contributed by atoms with Crippen molar-refractivity contribution >= 4 is 29.2 Å². The number of carboxylic acids is 1. The number of nitrogens with one attached hydrogen (secondary N) is 1. The summed E-state index contributed by atoms with van der Waals surface area (Å²) in [5.74, 6) is -1.45. The van der Waals surface area contributed by atoms with E-state index in [1.54, 1.807) is 0 Å². The number of hydrogen-bond acceptors (Lipinski definition) is 4. The molecule has 1 aromatic rings. The molecule has 6 nitrogen and oxygen atoms in total. The smallest absolute Gasteiger partial charge is 0.339 e. The van der Waals surface area contributed by atoms with Crippen molar-refractivity contribution in [3.63, 3.8) is 0 Å². The van der Waals surface area contributed by atoms with Gasteiger partial charge in [0.25, 0.3) is 0 Å². The summed E-state index contributed by atoms with van der Waals surface area (Å²) in [6, 6.07) is 2.59. The molecule has 0 radical (unpaired) electrons. The summed E-state index contributed by atoms with van der Waals surface area (Å²) in [6.45, 7) is 5.36. The first-order chi connectivity index (χ1) is 9.64. The lowest BCUT2D eigenvalue weighted by atomic mass is 10.1. The molecule has 1 rings (SSSR count). The molecule has 21 heavy (non-hydrogen) atoms. The third-order valence-electron chi connectivity index (χ3n) is 2.43. The van der Waals surface area contributed by atoms with Crippen LogP contribution >= 0.6 is 11.6 Å². The normalized spacial score (nSPS) is 11.1. The molecule has 0 heterocycles. The highest BCUT2D eigenvalue weighted by Gasteiger charge is 2.17. The van der Waals surface area contributed by atoms with E-state index in [0.717, 1.165) is 0 Å². The summed E-state index contributed by atoms with van der Waals surface area (Å²) in [7, 11) is 1.34. The summed E-state index contributed by atoms with van der Waals surface area (Å²) >= 11 is 5.96. The van der Waals surface area contributed by atoms with Crippen molar-refractivity contribution in [2.24, 2.45) is 0 Å². The van der Waals surface area contributed by atoms with E-state index in [2.05, 4.69) is 5.32 Å². The summed E-state index contributed by atoms with van der Waals surface area (Å²) in [4.78, 5) is 22.8. The van der Waals surface area contributed by atoms with Crippen molar-refractivity contribution in [2.45, 2.75) is 26.4 Å². The largest absolute Gasteiger partial charge is 0.496 e. The molecular formula is C14H18ClNO5. The van der Waals surface area contributed by atoms with Gasteiger partial charge in [-0.15, -0.1) is 0 Å². The van der Waals surface area contributed by atoms with Gasteiger partial charge in [0.1, 0.15) is 17.9 Å². The van der Waals surface area contributed by atoms with Crippen LogP contribution in [0.15, 0.2) is 12.1 Å². The number of aromatic carboxylic acids is 1. The van der Waals surface area contributed by atoms with Gasteiger partial charge in [-0.05, 0) is 26.8 Å². The van der Waals surface area contributed by atoms with Crippen LogP contribution in [0.4, 0.5) is 5.69 Å². The van der Waals surface area contributed by atoms with Crippen molar-refractivity contribution in [3.8, 4) is 5.75 Å². The lowest BCUT2D eigenvalue weighted by Crippen LogP contribution is -2.27. The minimum atomic E-state index is -1.16. The molecule has 0 atom stereocenters. The second kappa shape index (κ2) is 6.78. The Labute approximate surface area is 128 Å². The third-order valence-corrected chi connectivity index (χ3v) is 2.74. The number of methoxy groups -OCH3 is 1. The van der Waals surface area contributed by atoms with Gasteiger partial charge in [0.05, 0.1) is 23.4 Å². The predicted octanol–water partition coefficient (Wildman–Crippen LogP) is 2.80. The Balaban J connectivity index is 2.89. The third kappa shape index (κ3) is 5.24. The van der Waals surface area contributed by atoms with Crippen LogP contribution < -0.4 is 10.1 Å². The number of hydrogen-bond donors (Lipinski definition) is 2. The second-order valence-electron chi connectivity index (χ2n) is 5.29. The van der Waals surface area contributed by atoms with Gasteiger partial charge in [-0.2, -0.15) is 0 Å². The van der Waals surface area contributed by atoms with Gasteiger partial charge in [-0.1, -0.05) is 11.6 Å². The Bertz CT molecular complexity index is 551. The highest BCUT2D eigenvalue weighted by Crippen LogP contribution is 2.31. The van der Waals surface area contributed by atoms with Crippen molar-refractivity contribution in [3.05, 3.63) is 22.7 Å². The van der Waals surface area contributed by atoms with Crippen LogP contribution in [0.1, 0.15) is 31.1 Å². The number of rotatable bonds is 5. The fraction of sp³-hybridized carbons (Fsp3) is 0.429. The van der Waals surface area contributed by atoms with Crippen molar-refractivity contribution in [1.29, 1.82) is 0 Å². The second-order valence-corrected chi connectivity index (χ2v) is 5.69. The fourth-order valence-electron chi connectivity index (χ4n) is 1.45. The minimum Gasteiger partial charge on any atom is -0.496 e. The molecule has 0 spiro atoms. The van der Waals surface area contributed by atoms with E-state index >= 15 is 0 Å². The maximum atomic E-state index is 11.8. The van der Waals surface area contributed by atoms with Gasteiger partial charge in [-0.3, -0.25) is 4.79 Å². The lowest BCUT2D eigenvalue weighted by Gasteiger charge is -2.19. The zero-order valence-corrected chi connectivity index (χ0v) is 13.1. The summed E-state index contributed by atoms with van der Waals surface area (Å²) in [6.07, 6.45) is 0. The van der Waals surface area contributed by atoms with Crippen LogP contribution in [0.25, 0.3) is 0 Å². The molecule has 0 aromatic heterocycles. The summed E-state index contributed by atoms with van der Waals surface area (Å²) in [5, 5.41) is 11.7. The number of amides is 1. The first-order valence-corrected chi connectivity index (χ1v) is 6.56. The van der Waals surface area contributed by atoms with Crippen LogP contribution in [0.3, 0.4) is 0 Å². The number of benzene rings is 1. The molecule has 0 unspecified atom stereocenters. The van der Waals surface area contributed by atoms with Gasteiger partial charge in [-0.25, -0.2) is 4.79 Å². The molecule has 7 heteroatoms. The first-order valence-electron chi connectivity index (χ1n) is 6.18. The molecule has 0 aliphatic carbocycles. The minimum absolute atomic E-state index is 0.0774. The summed E-state index contributed by atoms with van der Waals surface area (Å²) < 4.78 is 10.3. The maximum Gasteiger partial charge on any atom is 0.339 e. The van der Waals surface area contributed by atoms with E-state index in [4.69, 9.17) is 26.2 Å². The van der Waals surface area contributed by atoms with Gasteiger partial charge in [0.2, 0.25) is 5.91 Å². The van der Waals surface area contributed by atoms with Crippen LogP contribution in [0.5, 0.6) is 5.75 Å². The maximum absolute atomic E-state index is 11.8. The van der Waals surface area contributed by atoms with Crippen molar-refractivity contribution in [1.82, 2.24) is 0 Å². The highest BCUT2D eigenvalue weighted by molar-refractivity contribution is 6.34. The van der Waals surface area contributed by atoms with E-state index < -0.39 is 17.5 Å². The number of carbonyl (C=O) groups excluding carboxylic acids is 1. The van der Waals surface area contributed by atoms with Crippen LogP contribution in [0.2, 0.25) is 5.02 Å². The fourth-order valence-corrected chi connectivity index (χ4v) is 1.66. The average molecular weight is 316 g/mol. The zero-order chi connectivity index (χ0) is 16.2. The van der Waals surface area contributed by atoms with Gasteiger partial charge in [0.15, 0.2) is 0 Å². The molecular weight excluding hydrogens is 298 g/mol. The molecule has 0 fully saturated rings. The number of carbonyl (C=O) groups is 2. The lowest BCUT2D eigenvalue weighted by molar-refractivity contribution is -0.125. The quantitative estimate of drug-likeness (QED) is 0.872. The molecule has 0 bridgehead atoms. The first kappa shape index (κ1) is 17.3. The van der Waals surface area contributed by atoms with Gasteiger partial charge in [0, 0.05) is 6.07 Å². The molecule has 2 N–H and O–H groups in total. The monoisotopic (exact) mass is 315 g/mol. The van der Waals surface area contributed by atoms with E-state index in [1.807, 2.05) is 20.8 Å². The summed E-state index contributed by atoms with van der Waals surface area (Å²) in [5.41, 5.74) is -0.251. The molecule has 0 aliphatic rings. The van der Waals surface area contributed by atoms with E-state index in [9.17, 15) is 9.59 Å². The van der Waals surface area contributed by atoms with Crippen LogP contribution in [-0.4, -0.2) is 36.3 Å². The molecule has 1 aromatic carbocycles. The number of carboxylic acid groups (broad SMARTS) is 1. The predicted molar refractivity (Wildman–Crippen MR) is 79.3 cm³/mol. The van der Waals surface area contributed by atoms with Crippen molar-refractivity contribution < 1.29 is 24.2 Å². The van der Waals surface area contributed by atoms with Crippen LogP contribution in [0, 0.1) is 0 Å². The highest BCUT2D eigenvalue weighted by atomic mass is 35.5. The van der Waals surface area contributed by atoms with Gasteiger partial charge >= 0.3 is 5.97 Å². The van der Waals surface area contributed by atoms with Crippen molar-refractivity contribution in [2.75, 3.05) is 19.0 Å². The number of anilines is 1. The number of halogens is 1. The van der Waals surface area contributed by atoms with E-state index in [1.165, 1.54) is 19.2 Å². The molecule has 0 saturated carbocycles. The Hall–Kier alpha value is -1.79. The van der Waals surface area contributed by atoms with E-state index in [-0.39, 0.29) is 28.6 Å². The zero-order valence-electron chi connectivity index (χ0n) is 12.3. The topological polar surface area (TPSA) is 84.9 Å².